The molecule has 1 heterocycles. The van der Waals surface area contributed by atoms with Gasteiger partial charge in [0, 0.05) is 18.4 Å². The van der Waals surface area contributed by atoms with Gasteiger partial charge in [-0.2, -0.15) is 0 Å². The molecule has 0 spiro atoms. The molecule has 1 saturated heterocycles. The summed E-state index contributed by atoms with van der Waals surface area (Å²) in [5.41, 5.74) is 1.32. The highest BCUT2D eigenvalue weighted by molar-refractivity contribution is 6.08. The highest BCUT2D eigenvalue weighted by Gasteiger charge is 2.65. The van der Waals surface area contributed by atoms with Gasteiger partial charge in [0.15, 0.2) is 0 Å². The summed E-state index contributed by atoms with van der Waals surface area (Å²) in [7, 11) is 0. The SMILES string of the molecule is CCCCN1C(=O)[C@@H]2[C@H](C1=O)[C@@H](c1ccccc1O)[C@@H]2c1ccccc1O. The van der Waals surface area contributed by atoms with Crippen molar-refractivity contribution in [2.24, 2.45) is 11.8 Å². The summed E-state index contributed by atoms with van der Waals surface area (Å²) in [4.78, 5) is 27.4. The van der Waals surface area contributed by atoms with Crippen LogP contribution in [0.2, 0.25) is 0 Å². The number of hydrogen-bond acceptors (Lipinski definition) is 4. The first-order valence-corrected chi connectivity index (χ1v) is 9.47. The van der Waals surface area contributed by atoms with Crippen molar-refractivity contribution in [3.8, 4) is 11.5 Å². The predicted molar refractivity (Wildman–Crippen MR) is 100 cm³/mol. The number of amides is 2. The quantitative estimate of drug-likeness (QED) is 0.797. The summed E-state index contributed by atoms with van der Waals surface area (Å²) in [6.07, 6.45) is 1.68. The summed E-state index contributed by atoms with van der Waals surface area (Å²) >= 11 is 0. The number of rotatable bonds is 5. The molecule has 27 heavy (non-hydrogen) atoms. The van der Waals surface area contributed by atoms with Gasteiger partial charge in [-0.1, -0.05) is 49.7 Å². The number of aromatic hydroxyl groups is 2. The fourth-order valence-corrected chi connectivity index (χ4v) is 4.68. The van der Waals surface area contributed by atoms with Crippen LogP contribution in [-0.2, 0) is 9.59 Å². The summed E-state index contributed by atoms with van der Waals surface area (Å²) < 4.78 is 0. The zero-order chi connectivity index (χ0) is 19.1. The minimum absolute atomic E-state index is 0.119. The topological polar surface area (TPSA) is 77.8 Å². The van der Waals surface area contributed by atoms with Crippen LogP contribution < -0.4 is 0 Å². The van der Waals surface area contributed by atoms with Crippen molar-refractivity contribution in [2.75, 3.05) is 6.54 Å². The molecule has 2 aromatic rings. The first kappa shape index (κ1) is 17.6. The van der Waals surface area contributed by atoms with Crippen molar-refractivity contribution in [1.82, 2.24) is 4.90 Å². The number of nitrogens with zero attached hydrogens (tertiary/aromatic N) is 1. The lowest BCUT2D eigenvalue weighted by molar-refractivity contribution is -0.139. The number of phenolic OH excluding ortho intramolecular Hbond substituents is 2. The van der Waals surface area contributed by atoms with E-state index in [-0.39, 0.29) is 35.1 Å². The zero-order valence-corrected chi connectivity index (χ0v) is 15.2. The Balaban J connectivity index is 1.79. The number of imide groups is 1. The van der Waals surface area contributed by atoms with E-state index in [1.54, 1.807) is 36.4 Å². The molecular weight excluding hydrogens is 342 g/mol. The number of likely N-dealkylation sites (tertiary alicyclic amines) is 1. The Bertz CT molecular complexity index is 824. The lowest BCUT2D eigenvalue weighted by Gasteiger charge is -2.46. The Kier molecular flexibility index (Phi) is 4.38. The number of benzene rings is 2. The van der Waals surface area contributed by atoms with Crippen molar-refractivity contribution in [3.05, 3.63) is 59.7 Å². The van der Waals surface area contributed by atoms with Crippen LogP contribution in [-0.4, -0.2) is 33.5 Å². The van der Waals surface area contributed by atoms with E-state index in [4.69, 9.17) is 0 Å². The van der Waals surface area contributed by atoms with E-state index in [9.17, 15) is 19.8 Å². The molecule has 2 amide bonds. The van der Waals surface area contributed by atoms with E-state index in [0.717, 1.165) is 12.8 Å². The smallest absolute Gasteiger partial charge is 0.233 e. The Labute approximate surface area is 158 Å². The second-order valence-electron chi connectivity index (χ2n) is 7.40. The summed E-state index contributed by atoms with van der Waals surface area (Å²) in [6.45, 7) is 2.46. The summed E-state index contributed by atoms with van der Waals surface area (Å²) in [5, 5.41) is 20.8. The van der Waals surface area contributed by atoms with Crippen LogP contribution in [0.1, 0.15) is 42.7 Å². The van der Waals surface area contributed by atoms with Gasteiger partial charge in [0.25, 0.3) is 0 Å². The third-order valence-electron chi connectivity index (χ3n) is 5.98. The molecule has 4 atom stereocenters. The number of para-hydroxylation sites is 2. The molecule has 1 saturated carbocycles. The maximum absolute atomic E-state index is 13.0. The normalized spacial score (nSPS) is 26.8. The first-order valence-electron chi connectivity index (χ1n) is 9.47. The maximum atomic E-state index is 13.0. The lowest BCUT2D eigenvalue weighted by atomic mass is 9.53. The molecule has 5 heteroatoms. The predicted octanol–water partition coefficient (Wildman–Crippen LogP) is 3.38. The molecule has 4 rings (SSSR count). The number of carbonyl (C=O) groups is 2. The average Bonchev–Trinajstić information content (AvgIpc) is 2.84. The fourth-order valence-electron chi connectivity index (χ4n) is 4.68. The van der Waals surface area contributed by atoms with Gasteiger partial charge in [-0.15, -0.1) is 0 Å². The van der Waals surface area contributed by atoms with Gasteiger partial charge in [0.2, 0.25) is 11.8 Å². The Morgan fingerprint density at radius 2 is 1.22 bits per heavy atom. The molecule has 2 fully saturated rings. The van der Waals surface area contributed by atoms with Gasteiger partial charge in [-0.3, -0.25) is 14.5 Å². The van der Waals surface area contributed by atoms with Gasteiger partial charge < -0.3 is 10.2 Å². The monoisotopic (exact) mass is 365 g/mol. The number of carbonyl (C=O) groups excluding carboxylic acids is 2. The van der Waals surface area contributed by atoms with Gasteiger partial charge in [-0.25, -0.2) is 0 Å². The van der Waals surface area contributed by atoms with Crippen molar-refractivity contribution in [1.29, 1.82) is 0 Å². The van der Waals surface area contributed by atoms with Crippen molar-refractivity contribution in [2.45, 2.75) is 31.6 Å². The second-order valence-corrected chi connectivity index (χ2v) is 7.40. The number of hydrogen-bond donors (Lipinski definition) is 2. The van der Waals surface area contributed by atoms with Crippen LogP contribution in [0.3, 0.4) is 0 Å². The summed E-state index contributed by atoms with van der Waals surface area (Å²) in [6, 6.07) is 13.9. The van der Waals surface area contributed by atoms with Gasteiger partial charge in [0.05, 0.1) is 11.8 Å². The van der Waals surface area contributed by atoms with Gasteiger partial charge >= 0.3 is 0 Å². The highest BCUT2D eigenvalue weighted by Crippen LogP contribution is 2.63. The molecule has 5 nitrogen and oxygen atoms in total. The van der Waals surface area contributed by atoms with Crippen molar-refractivity contribution in [3.63, 3.8) is 0 Å². The standard InChI is InChI=1S/C22H23NO4/c1-2-3-12-23-21(26)19-17(13-8-4-6-10-15(13)24)18(20(19)22(23)27)14-9-5-7-11-16(14)25/h4-11,17-20,24-25H,2-3,12H2,1H3/t17-,18-,19-,20+/m0/s1. The molecule has 0 unspecified atom stereocenters. The number of fused-ring (bicyclic) bond motifs is 1. The van der Waals surface area contributed by atoms with E-state index in [1.165, 1.54) is 4.90 Å². The Morgan fingerprint density at radius 1 is 0.778 bits per heavy atom. The van der Waals surface area contributed by atoms with E-state index < -0.39 is 11.8 Å². The average molecular weight is 365 g/mol. The fraction of sp³-hybridized carbons (Fsp3) is 0.364. The van der Waals surface area contributed by atoms with E-state index >= 15 is 0 Å². The number of unbranched alkanes of at least 4 members (excludes halogenated alkanes) is 1. The molecular formula is C22H23NO4. The molecule has 140 valence electrons. The third-order valence-corrected chi connectivity index (χ3v) is 5.98. The molecule has 0 bridgehead atoms. The maximum Gasteiger partial charge on any atom is 0.233 e. The minimum Gasteiger partial charge on any atom is -0.508 e. The number of phenols is 2. The van der Waals surface area contributed by atoms with Gasteiger partial charge in [-0.05, 0) is 29.7 Å². The molecule has 2 aliphatic rings. The van der Waals surface area contributed by atoms with E-state index in [2.05, 4.69) is 0 Å². The van der Waals surface area contributed by atoms with Crippen LogP contribution >= 0.6 is 0 Å². The molecule has 1 aliphatic carbocycles. The van der Waals surface area contributed by atoms with Crippen molar-refractivity contribution >= 4 is 11.8 Å². The van der Waals surface area contributed by atoms with Crippen LogP contribution in [0.5, 0.6) is 11.5 Å². The lowest BCUT2D eigenvalue weighted by Crippen LogP contribution is -2.45. The molecule has 2 aromatic carbocycles. The van der Waals surface area contributed by atoms with Crippen LogP contribution in [0.4, 0.5) is 0 Å². The minimum atomic E-state index is -0.479. The van der Waals surface area contributed by atoms with E-state index in [0.29, 0.717) is 17.7 Å². The van der Waals surface area contributed by atoms with Crippen LogP contribution in [0.15, 0.2) is 48.5 Å². The Morgan fingerprint density at radius 3 is 1.63 bits per heavy atom. The summed E-state index contributed by atoms with van der Waals surface area (Å²) in [5.74, 6) is -1.68. The van der Waals surface area contributed by atoms with Crippen molar-refractivity contribution < 1.29 is 19.8 Å². The van der Waals surface area contributed by atoms with Crippen LogP contribution in [0, 0.1) is 11.8 Å². The highest BCUT2D eigenvalue weighted by atomic mass is 16.3. The largest absolute Gasteiger partial charge is 0.508 e. The zero-order valence-electron chi connectivity index (χ0n) is 15.2. The Hall–Kier alpha value is -2.82. The van der Waals surface area contributed by atoms with Gasteiger partial charge in [0.1, 0.15) is 11.5 Å². The third kappa shape index (κ3) is 2.60. The molecule has 0 radical (unpaired) electrons. The van der Waals surface area contributed by atoms with Crippen LogP contribution in [0.25, 0.3) is 0 Å². The van der Waals surface area contributed by atoms with E-state index in [1.807, 2.05) is 19.1 Å². The second kappa shape index (κ2) is 6.72. The molecule has 1 aliphatic heterocycles. The molecule has 2 N–H and O–H groups in total. The first-order chi connectivity index (χ1) is 13.1. The molecule has 0 aromatic heterocycles.